The largest absolute Gasteiger partial charge is 0.435 e. The third kappa shape index (κ3) is 4.02. The Morgan fingerprint density at radius 3 is 2.52 bits per heavy atom. The lowest BCUT2D eigenvalue weighted by Gasteiger charge is -2.40. The SMILES string of the molecule is CCCC1CCC2c3ccc(-c4ccc(OC(F)F)cc4)cc3CCC2C1. The molecule has 0 N–H and O–H groups in total. The Hall–Kier alpha value is -1.90. The molecule has 3 atom stereocenters. The number of rotatable bonds is 5. The van der Waals surface area contributed by atoms with Crippen LogP contribution in [0.1, 0.15) is 62.5 Å². The maximum Gasteiger partial charge on any atom is 0.387 e. The van der Waals surface area contributed by atoms with Gasteiger partial charge in [0.05, 0.1) is 0 Å². The van der Waals surface area contributed by atoms with Crippen molar-refractivity contribution in [1.82, 2.24) is 0 Å². The van der Waals surface area contributed by atoms with Crippen molar-refractivity contribution in [2.24, 2.45) is 11.8 Å². The molecule has 0 spiro atoms. The summed E-state index contributed by atoms with van der Waals surface area (Å²) in [6, 6.07) is 13.8. The fraction of sp³-hybridized carbons (Fsp3) is 0.500. The predicted molar refractivity (Wildman–Crippen MR) is 105 cm³/mol. The van der Waals surface area contributed by atoms with Crippen LogP contribution in [0.5, 0.6) is 5.75 Å². The molecule has 144 valence electrons. The highest BCUT2D eigenvalue weighted by molar-refractivity contribution is 5.66. The maximum absolute atomic E-state index is 12.3. The molecule has 2 aromatic carbocycles. The summed E-state index contributed by atoms with van der Waals surface area (Å²) in [5, 5.41) is 0. The van der Waals surface area contributed by atoms with E-state index in [0.717, 1.165) is 35.3 Å². The second kappa shape index (κ2) is 8.00. The van der Waals surface area contributed by atoms with Gasteiger partial charge in [0.1, 0.15) is 5.75 Å². The van der Waals surface area contributed by atoms with Crippen molar-refractivity contribution in [3.05, 3.63) is 53.6 Å². The first kappa shape index (κ1) is 18.5. The minimum absolute atomic E-state index is 0.207. The van der Waals surface area contributed by atoms with E-state index in [0.29, 0.717) is 0 Å². The van der Waals surface area contributed by atoms with Gasteiger partial charge in [0.25, 0.3) is 0 Å². The minimum Gasteiger partial charge on any atom is -0.435 e. The quantitative estimate of drug-likeness (QED) is 0.541. The molecule has 0 bridgehead atoms. The second-order valence-electron chi connectivity index (χ2n) is 8.19. The van der Waals surface area contributed by atoms with Gasteiger partial charge in [-0.15, -0.1) is 0 Å². The highest BCUT2D eigenvalue weighted by atomic mass is 19.3. The van der Waals surface area contributed by atoms with Gasteiger partial charge >= 0.3 is 6.61 Å². The molecule has 2 aliphatic rings. The Morgan fingerprint density at radius 2 is 1.78 bits per heavy atom. The van der Waals surface area contributed by atoms with Crippen LogP contribution in [0.25, 0.3) is 11.1 Å². The van der Waals surface area contributed by atoms with Crippen molar-refractivity contribution in [2.45, 2.75) is 64.4 Å². The molecule has 3 unspecified atom stereocenters. The summed E-state index contributed by atoms with van der Waals surface area (Å²) in [5.74, 6) is 2.74. The summed E-state index contributed by atoms with van der Waals surface area (Å²) in [4.78, 5) is 0. The first-order valence-corrected chi connectivity index (χ1v) is 10.3. The summed E-state index contributed by atoms with van der Waals surface area (Å²) < 4.78 is 29.1. The summed E-state index contributed by atoms with van der Waals surface area (Å²) in [7, 11) is 0. The van der Waals surface area contributed by atoms with Crippen LogP contribution in [-0.4, -0.2) is 6.61 Å². The molecular formula is C24H28F2O. The van der Waals surface area contributed by atoms with E-state index >= 15 is 0 Å². The van der Waals surface area contributed by atoms with Crippen LogP contribution in [-0.2, 0) is 6.42 Å². The molecule has 2 aromatic rings. The lowest BCUT2D eigenvalue weighted by Crippen LogP contribution is -2.28. The van der Waals surface area contributed by atoms with Crippen LogP contribution >= 0.6 is 0 Å². The first-order valence-electron chi connectivity index (χ1n) is 10.3. The molecule has 4 rings (SSSR count). The number of aryl methyl sites for hydroxylation is 1. The first-order chi connectivity index (χ1) is 13.1. The molecule has 27 heavy (non-hydrogen) atoms. The van der Waals surface area contributed by atoms with Crippen molar-refractivity contribution in [3.63, 3.8) is 0 Å². The molecule has 1 nitrogen and oxygen atoms in total. The third-order valence-electron chi connectivity index (χ3n) is 6.53. The van der Waals surface area contributed by atoms with Crippen molar-refractivity contribution in [3.8, 4) is 16.9 Å². The van der Waals surface area contributed by atoms with Crippen LogP contribution in [0.2, 0.25) is 0 Å². The normalized spacial score (nSPS) is 24.4. The smallest absolute Gasteiger partial charge is 0.387 e. The van der Waals surface area contributed by atoms with Gasteiger partial charge in [-0.2, -0.15) is 8.78 Å². The van der Waals surface area contributed by atoms with Crippen molar-refractivity contribution in [1.29, 1.82) is 0 Å². The van der Waals surface area contributed by atoms with Gasteiger partial charge in [-0.1, -0.05) is 50.1 Å². The average Bonchev–Trinajstić information content (AvgIpc) is 2.67. The summed E-state index contributed by atoms with van der Waals surface area (Å²) in [5.41, 5.74) is 5.25. The lowest BCUT2D eigenvalue weighted by atomic mass is 9.64. The maximum atomic E-state index is 12.3. The number of fused-ring (bicyclic) bond motifs is 3. The molecule has 0 aromatic heterocycles. The fourth-order valence-corrected chi connectivity index (χ4v) is 5.29. The topological polar surface area (TPSA) is 9.23 Å². The molecule has 0 aliphatic heterocycles. The molecule has 0 radical (unpaired) electrons. The Kier molecular flexibility index (Phi) is 5.47. The predicted octanol–water partition coefficient (Wildman–Crippen LogP) is 7.20. The summed E-state index contributed by atoms with van der Waals surface area (Å²) >= 11 is 0. The number of hydrogen-bond donors (Lipinski definition) is 0. The van der Waals surface area contributed by atoms with Crippen LogP contribution < -0.4 is 4.74 Å². The van der Waals surface area contributed by atoms with E-state index < -0.39 is 6.61 Å². The van der Waals surface area contributed by atoms with Gasteiger partial charge in [-0.25, -0.2) is 0 Å². The Balaban J connectivity index is 1.52. The van der Waals surface area contributed by atoms with Gasteiger partial charge in [0.2, 0.25) is 0 Å². The summed E-state index contributed by atoms with van der Waals surface area (Å²) in [6.45, 7) is -0.476. The molecule has 1 saturated carbocycles. The number of halogens is 2. The van der Waals surface area contributed by atoms with Gasteiger partial charge in [0.15, 0.2) is 0 Å². The third-order valence-corrected chi connectivity index (χ3v) is 6.53. The second-order valence-corrected chi connectivity index (χ2v) is 8.19. The number of hydrogen-bond acceptors (Lipinski definition) is 1. The van der Waals surface area contributed by atoms with Gasteiger partial charge in [0, 0.05) is 0 Å². The van der Waals surface area contributed by atoms with E-state index in [2.05, 4.69) is 29.9 Å². The lowest BCUT2D eigenvalue weighted by molar-refractivity contribution is -0.0498. The van der Waals surface area contributed by atoms with Gasteiger partial charge in [-0.3, -0.25) is 0 Å². The number of benzene rings is 2. The van der Waals surface area contributed by atoms with E-state index in [4.69, 9.17) is 0 Å². The zero-order valence-electron chi connectivity index (χ0n) is 16.0. The van der Waals surface area contributed by atoms with Gasteiger partial charge < -0.3 is 4.74 Å². The Morgan fingerprint density at radius 1 is 1.00 bits per heavy atom. The van der Waals surface area contributed by atoms with E-state index in [-0.39, 0.29) is 5.75 Å². The molecule has 2 aliphatic carbocycles. The van der Waals surface area contributed by atoms with Crippen molar-refractivity contribution < 1.29 is 13.5 Å². The monoisotopic (exact) mass is 370 g/mol. The highest BCUT2D eigenvalue weighted by Gasteiger charge is 2.34. The molecular weight excluding hydrogens is 342 g/mol. The number of ether oxygens (including phenoxy) is 1. The van der Waals surface area contributed by atoms with E-state index in [1.807, 2.05) is 12.1 Å². The molecule has 0 saturated heterocycles. The molecule has 0 heterocycles. The fourth-order valence-electron chi connectivity index (χ4n) is 5.29. The van der Waals surface area contributed by atoms with E-state index in [1.54, 1.807) is 17.7 Å². The molecule has 0 amide bonds. The Labute approximate surface area is 160 Å². The van der Waals surface area contributed by atoms with Crippen molar-refractivity contribution >= 4 is 0 Å². The van der Waals surface area contributed by atoms with Crippen LogP contribution in [0.15, 0.2) is 42.5 Å². The summed E-state index contributed by atoms with van der Waals surface area (Å²) in [6.07, 6.45) is 9.29. The van der Waals surface area contributed by atoms with Crippen molar-refractivity contribution in [2.75, 3.05) is 0 Å². The zero-order chi connectivity index (χ0) is 18.8. The van der Waals surface area contributed by atoms with E-state index in [9.17, 15) is 8.78 Å². The molecule has 1 fully saturated rings. The average molecular weight is 370 g/mol. The number of alkyl halides is 2. The highest BCUT2D eigenvalue weighted by Crippen LogP contribution is 2.48. The standard InChI is InChI=1S/C24H28F2O/c1-2-3-16-4-12-22-19(14-16)5-6-20-15-18(9-13-23(20)22)17-7-10-21(11-8-17)27-24(25)26/h7-11,13,15-16,19,22,24H,2-6,12,14H2,1H3. The Bertz CT molecular complexity index is 768. The molecule has 3 heteroatoms. The van der Waals surface area contributed by atoms with Crippen LogP contribution in [0.3, 0.4) is 0 Å². The van der Waals surface area contributed by atoms with Gasteiger partial charge in [-0.05, 0) is 84.2 Å². The minimum atomic E-state index is -2.78. The van der Waals surface area contributed by atoms with Crippen LogP contribution in [0, 0.1) is 11.8 Å². The van der Waals surface area contributed by atoms with E-state index in [1.165, 1.54) is 44.1 Å². The zero-order valence-corrected chi connectivity index (χ0v) is 16.0. The van der Waals surface area contributed by atoms with Crippen LogP contribution in [0.4, 0.5) is 8.78 Å².